The predicted molar refractivity (Wildman–Crippen MR) is 42.4 cm³/mol. The van der Waals surface area contributed by atoms with Crippen LogP contribution in [0.4, 0.5) is 0 Å². The van der Waals surface area contributed by atoms with Crippen LogP contribution in [0, 0.1) is 5.92 Å². The SMILES string of the molecule is C[C@@H]1CC[C@@H](C(=O)O)N[C@H]1C. The van der Waals surface area contributed by atoms with Gasteiger partial charge in [-0.3, -0.25) is 4.79 Å². The van der Waals surface area contributed by atoms with Crippen molar-refractivity contribution in [1.82, 2.24) is 5.32 Å². The molecule has 3 atom stereocenters. The van der Waals surface area contributed by atoms with E-state index in [4.69, 9.17) is 5.11 Å². The number of piperidine rings is 1. The molecule has 0 spiro atoms. The highest BCUT2D eigenvalue weighted by Gasteiger charge is 2.27. The average molecular weight is 157 g/mol. The van der Waals surface area contributed by atoms with Gasteiger partial charge in [0.1, 0.15) is 6.04 Å². The molecule has 0 aliphatic carbocycles. The third-order valence-electron chi connectivity index (χ3n) is 2.53. The summed E-state index contributed by atoms with van der Waals surface area (Å²) in [5.74, 6) is -0.116. The summed E-state index contributed by atoms with van der Waals surface area (Å²) in [5.41, 5.74) is 0. The Morgan fingerprint density at radius 2 is 2.09 bits per heavy atom. The lowest BCUT2D eigenvalue weighted by molar-refractivity contribution is -0.140. The van der Waals surface area contributed by atoms with Gasteiger partial charge in [0, 0.05) is 6.04 Å². The number of hydrogen-bond donors (Lipinski definition) is 2. The van der Waals surface area contributed by atoms with E-state index in [9.17, 15) is 4.79 Å². The minimum absolute atomic E-state index is 0.318. The van der Waals surface area contributed by atoms with Gasteiger partial charge >= 0.3 is 5.97 Å². The monoisotopic (exact) mass is 157 g/mol. The molecule has 1 saturated heterocycles. The van der Waals surface area contributed by atoms with E-state index < -0.39 is 5.97 Å². The Bertz CT molecular complexity index is 158. The molecule has 1 aliphatic heterocycles. The van der Waals surface area contributed by atoms with Crippen molar-refractivity contribution in [2.45, 2.75) is 38.8 Å². The highest BCUT2D eigenvalue weighted by atomic mass is 16.4. The van der Waals surface area contributed by atoms with Crippen molar-refractivity contribution < 1.29 is 9.90 Å². The van der Waals surface area contributed by atoms with E-state index in [2.05, 4.69) is 12.2 Å². The Balaban J connectivity index is 2.46. The van der Waals surface area contributed by atoms with Gasteiger partial charge in [-0.05, 0) is 25.7 Å². The van der Waals surface area contributed by atoms with Gasteiger partial charge in [0.25, 0.3) is 0 Å². The molecule has 3 heteroatoms. The van der Waals surface area contributed by atoms with Crippen LogP contribution in [0.15, 0.2) is 0 Å². The molecule has 64 valence electrons. The number of aliphatic carboxylic acids is 1. The summed E-state index contributed by atoms with van der Waals surface area (Å²) in [6.45, 7) is 4.19. The zero-order valence-electron chi connectivity index (χ0n) is 7.00. The standard InChI is InChI=1S/C8H15NO2/c1-5-3-4-7(8(10)11)9-6(5)2/h5-7,9H,3-4H2,1-2H3,(H,10,11)/t5-,6+,7+/m1/s1. The molecular weight excluding hydrogens is 142 g/mol. The molecule has 1 fully saturated rings. The molecule has 0 unspecified atom stereocenters. The Morgan fingerprint density at radius 3 is 2.55 bits per heavy atom. The minimum Gasteiger partial charge on any atom is -0.480 e. The second kappa shape index (κ2) is 3.22. The van der Waals surface area contributed by atoms with Crippen LogP contribution in [0.1, 0.15) is 26.7 Å². The van der Waals surface area contributed by atoms with Crippen LogP contribution < -0.4 is 5.32 Å². The van der Waals surface area contributed by atoms with E-state index in [0.717, 1.165) is 12.8 Å². The molecule has 0 radical (unpaired) electrons. The number of carbonyl (C=O) groups is 1. The van der Waals surface area contributed by atoms with E-state index in [1.807, 2.05) is 6.92 Å². The first-order valence-electron chi connectivity index (χ1n) is 4.10. The number of rotatable bonds is 1. The summed E-state index contributed by atoms with van der Waals surface area (Å²) in [6, 6.07) is 0.0195. The zero-order valence-corrected chi connectivity index (χ0v) is 7.00. The first-order chi connectivity index (χ1) is 5.11. The van der Waals surface area contributed by atoms with Crippen LogP contribution in [-0.4, -0.2) is 23.2 Å². The van der Waals surface area contributed by atoms with Crippen LogP contribution in [0.25, 0.3) is 0 Å². The van der Waals surface area contributed by atoms with E-state index in [1.54, 1.807) is 0 Å². The van der Waals surface area contributed by atoms with Crippen molar-refractivity contribution in [1.29, 1.82) is 0 Å². The molecule has 0 aromatic rings. The van der Waals surface area contributed by atoms with Gasteiger partial charge < -0.3 is 10.4 Å². The molecule has 0 aromatic heterocycles. The molecule has 0 bridgehead atoms. The Morgan fingerprint density at radius 1 is 1.45 bits per heavy atom. The maximum absolute atomic E-state index is 10.5. The molecule has 0 amide bonds. The normalized spacial score (nSPS) is 38.5. The minimum atomic E-state index is -0.719. The molecule has 1 aliphatic rings. The Labute approximate surface area is 66.8 Å². The summed E-state index contributed by atoms with van der Waals surface area (Å²) < 4.78 is 0. The first kappa shape index (κ1) is 8.53. The van der Waals surface area contributed by atoms with Gasteiger partial charge in [-0.1, -0.05) is 6.92 Å². The number of nitrogens with one attached hydrogen (secondary N) is 1. The fourth-order valence-electron chi connectivity index (χ4n) is 1.44. The summed E-state index contributed by atoms with van der Waals surface area (Å²) in [4.78, 5) is 10.5. The summed E-state index contributed by atoms with van der Waals surface area (Å²) >= 11 is 0. The van der Waals surface area contributed by atoms with Gasteiger partial charge in [0.15, 0.2) is 0 Å². The second-order valence-electron chi connectivity index (χ2n) is 3.40. The molecule has 1 rings (SSSR count). The van der Waals surface area contributed by atoms with Crippen molar-refractivity contribution in [2.24, 2.45) is 5.92 Å². The summed E-state index contributed by atoms with van der Waals surface area (Å²) in [6.07, 6.45) is 1.78. The van der Waals surface area contributed by atoms with E-state index >= 15 is 0 Å². The van der Waals surface area contributed by atoms with Gasteiger partial charge in [-0.2, -0.15) is 0 Å². The van der Waals surface area contributed by atoms with Gasteiger partial charge in [-0.25, -0.2) is 0 Å². The molecular formula is C8H15NO2. The predicted octanol–water partition coefficient (Wildman–Crippen LogP) is 0.848. The van der Waals surface area contributed by atoms with Crippen LogP contribution in [0.3, 0.4) is 0 Å². The Hall–Kier alpha value is -0.570. The van der Waals surface area contributed by atoms with Gasteiger partial charge in [0.2, 0.25) is 0 Å². The fraction of sp³-hybridized carbons (Fsp3) is 0.875. The summed E-state index contributed by atoms with van der Waals surface area (Å²) in [5, 5.41) is 11.7. The maximum Gasteiger partial charge on any atom is 0.320 e. The van der Waals surface area contributed by atoms with Gasteiger partial charge in [-0.15, -0.1) is 0 Å². The number of carboxylic acid groups (broad SMARTS) is 1. The third-order valence-corrected chi connectivity index (χ3v) is 2.53. The Kier molecular flexibility index (Phi) is 2.49. The highest BCUT2D eigenvalue weighted by Crippen LogP contribution is 2.18. The smallest absolute Gasteiger partial charge is 0.320 e. The fourth-order valence-corrected chi connectivity index (χ4v) is 1.44. The molecule has 2 N–H and O–H groups in total. The quantitative estimate of drug-likeness (QED) is 0.593. The largest absolute Gasteiger partial charge is 0.480 e. The number of hydrogen-bond acceptors (Lipinski definition) is 2. The van der Waals surface area contributed by atoms with Gasteiger partial charge in [0.05, 0.1) is 0 Å². The van der Waals surface area contributed by atoms with Crippen LogP contribution in [0.5, 0.6) is 0 Å². The molecule has 11 heavy (non-hydrogen) atoms. The highest BCUT2D eigenvalue weighted by molar-refractivity contribution is 5.73. The number of carboxylic acids is 1. The van der Waals surface area contributed by atoms with Crippen LogP contribution in [0.2, 0.25) is 0 Å². The lowest BCUT2D eigenvalue weighted by Crippen LogP contribution is -2.48. The second-order valence-corrected chi connectivity index (χ2v) is 3.40. The molecule has 0 saturated carbocycles. The average Bonchev–Trinajstić information content (AvgIpc) is 1.94. The van der Waals surface area contributed by atoms with Crippen molar-refractivity contribution >= 4 is 5.97 Å². The van der Waals surface area contributed by atoms with Crippen molar-refractivity contribution in [2.75, 3.05) is 0 Å². The first-order valence-corrected chi connectivity index (χ1v) is 4.10. The molecule has 3 nitrogen and oxygen atoms in total. The van der Waals surface area contributed by atoms with Crippen molar-refractivity contribution in [3.8, 4) is 0 Å². The topological polar surface area (TPSA) is 49.3 Å². The van der Waals surface area contributed by atoms with E-state index in [0.29, 0.717) is 12.0 Å². The lowest BCUT2D eigenvalue weighted by Gasteiger charge is -2.31. The maximum atomic E-state index is 10.5. The van der Waals surface area contributed by atoms with Crippen molar-refractivity contribution in [3.63, 3.8) is 0 Å². The van der Waals surface area contributed by atoms with E-state index in [1.165, 1.54) is 0 Å². The molecule has 1 heterocycles. The third kappa shape index (κ3) is 1.93. The zero-order chi connectivity index (χ0) is 8.43. The van der Waals surface area contributed by atoms with Crippen molar-refractivity contribution in [3.05, 3.63) is 0 Å². The van der Waals surface area contributed by atoms with Crippen LogP contribution in [-0.2, 0) is 4.79 Å². The van der Waals surface area contributed by atoms with Crippen LogP contribution >= 0.6 is 0 Å². The molecule has 0 aromatic carbocycles. The lowest BCUT2D eigenvalue weighted by atomic mass is 9.90. The summed E-state index contributed by atoms with van der Waals surface area (Å²) in [7, 11) is 0. The van der Waals surface area contributed by atoms with E-state index in [-0.39, 0.29) is 6.04 Å².